The molecule has 5 rings (SSSR count). The van der Waals surface area contributed by atoms with Gasteiger partial charge in [0.25, 0.3) is 0 Å². The summed E-state index contributed by atoms with van der Waals surface area (Å²) >= 11 is 0. The van der Waals surface area contributed by atoms with Gasteiger partial charge in [0, 0.05) is 43.2 Å². The van der Waals surface area contributed by atoms with Crippen LogP contribution in [-0.4, -0.2) is 42.6 Å². The number of nitriles is 1. The summed E-state index contributed by atoms with van der Waals surface area (Å²) < 4.78 is 37.9. The highest BCUT2D eigenvalue weighted by Crippen LogP contribution is 2.23. The van der Waals surface area contributed by atoms with Crippen LogP contribution in [0.15, 0.2) is 102 Å². The Morgan fingerprint density at radius 3 is 1.77 bits per heavy atom. The van der Waals surface area contributed by atoms with Gasteiger partial charge in [0.15, 0.2) is 0 Å². The molecule has 0 aliphatic carbocycles. The highest BCUT2D eigenvalue weighted by atomic mass is 32.2. The van der Waals surface area contributed by atoms with Crippen LogP contribution < -0.4 is 19.9 Å². The lowest BCUT2D eigenvalue weighted by Crippen LogP contribution is -2.23. The van der Waals surface area contributed by atoms with Crippen molar-refractivity contribution in [3.05, 3.63) is 114 Å². The van der Waals surface area contributed by atoms with E-state index in [9.17, 15) is 8.42 Å². The maximum atomic E-state index is 12.4. The Bertz CT molecular complexity index is 1770. The Morgan fingerprint density at radius 2 is 1.30 bits per heavy atom. The molecule has 43 heavy (non-hydrogen) atoms. The topological polar surface area (TPSA) is 166 Å². The number of benzene rings is 1. The number of nitrogens with one attached hydrogen (secondary N) is 1. The van der Waals surface area contributed by atoms with Gasteiger partial charge in [-0.05, 0) is 48.5 Å². The first-order chi connectivity index (χ1) is 20.8. The maximum absolute atomic E-state index is 12.4. The summed E-state index contributed by atoms with van der Waals surface area (Å²) in [5, 5.41) is 8.81. The zero-order valence-corrected chi connectivity index (χ0v) is 24.3. The van der Waals surface area contributed by atoms with Gasteiger partial charge in [-0.2, -0.15) is 5.26 Å². The lowest BCUT2D eigenvalue weighted by molar-refractivity contribution is 0.413. The normalized spacial score (nSPS) is 10.7. The highest BCUT2D eigenvalue weighted by molar-refractivity contribution is 7.89. The van der Waals surface area contributed by atoms with Crippen LogP contribution in [-0.2, 0) is 23.1 Å². The number of hydrogen-bond donors (Lipinski definition) is 2. The second kappa shape index (κ2) is 14.6. The number of methoxy groups -OCH3 is 2. The third kappa shape index (κ3) is 8.40. The van der Waals surface area contributed by atoms with Crippen LogP contribution >= 0.6 is 0 Å². The van der Waals surface area contributed by atoms with Crippen molar-refractivity contribution in [2.24, 2.45) is 5.73 Å². The Kier molecular flexibility index (Phi) is 10.4. The van der Waals surface area contributed by atoms with E-state index < -0.39 is 10.0 Å². The van der Waals surface area contributed by atoms with Gasteiger partial charge in [0.05, 0.1) is 71.5 Å². The van der Waals surface area contributed by atoms with Gasteiger partial charge in [-0.25, -0.2) is 23.1 Å². The smallest absolute Gasteiger partial charge is 0.240 e. The predicted molar refractivity (Wildman–Crippen MR) is 161 cm³/mol. The quantitative estimate of drug-likeness (QED) is 0.253. The van der Waals surface area contributed by atoms with Crippen molar-refractivity contribution < 1.29 is 17.9 Å². The molecule has 0 radical (unpaired) electrons. The number of pyridine rings is 4. The minimum atomic E-state index is -3.74. The van der Waals surface area contributed by atoms with E-state index in [1.54, 1.807) is 37.7 Å². The van der Waals surface area contributed by atoms with Gasteiger partial charge in [-0.3, -0.25) is 9.97 Å². The van der Waals surface area contributed by atoms with Crippen LogP contribution in [0.3, 0.4) is 0 Å². The van der Waals surface area contributed by atoms with Gasteiger partial charge in [-0.1, -0.05) is 12.1 Å². The number of hydrogen-bond acceptors (Lipinski definition) is 10. The SMILES string of the molecule is COc1cc(CN)nc(-c2ccccn2)c1.COc1cc(CNS(=O)(=O)c2ccc(C#N)cc2)nc(-c2ccccn2)c1. The number of nitrogens with two attached hydrogens (primary N) is 1. The van der Waals surface area contributed by atoms with Gasteiger partial charge in [0.2, 0.25) is 10.0 Å². The van der Waals surface area contributed by atoms with Gasteiger partial charge in [0.1, 0.15) is 11.5 Å². The Labute approximate surface area is 250 Å². The molecule has 5 aromatic rings. The van der Waals surface area contributed by atoms with E-state index in [0.29, 0.717) is 34.9 Å². The van der Waals surface area contributed by atoms with E-state index in [-0.39, 0.29) is 11.4 Å². The summed E-state index contributed by atoms with van der Waals surface area (Å²) in [5.74, 6) is 1.30. The van der Waals surface area contributed by atoms with Crippen LogP contribution in [0.4, 0.5) is 0 Å². The number of sulfonamides is 1. The molecule has 3 N–H and O–H groups in total. The Balaban J connectivity index is 0.000000225. The molecule has 0 unspecified atom stereocenters. The lowest BCUT2D eigenvalue weighted by atomic mass is 10.2. The van der Waals surface area contributed by atoms with Crippen LogP contribution in [0.2, 0.25) is 0 Å². The second-order valence-electron chi connectivity index (χ2n) is 8.86. The number of ether oxygens (including phenoxy) is 2. The number of rotatable bonds is 9. The van der Waals surface area contributed by atoms with Crippen molar-refractivity contribution in [1.82, 2.24) is 24.7 Å². The fourth-order valence-corrected chi connectivity index (χ4v) is 4.80. The molecule has 0 fully saturated rings. The zero-order chi connectivity index (χ0) is 30.7. The fourth-order valence-electron chi connectivity index (χ4n) is 3.80. The van der Waals surface area contributed by atoms with E-state index in [0.717, 1.165) is 22.8 Å². The van der Waals surface area contributed by atoms with Crippen LogP contribution in [0.5, 0.6) is 11.5 Å². The molecule has 0 bridgehead atoms. The molecule has 218 valence electrons. The van der Waals surface area contributed by atoms with Gasteiger partial charge in [-0.15, -0.1) is 0 Å². The molecular weight excluding hydrogens is 566 g/mol. The third-order valence-corrected chi connectivity index (χ3v) is 7.39. The van der Waals surface area contributed by atoms with E-state index in [4.69, 9.17) is 20.5 Å². The summed E-state index contributed by atoms with van der Waals surface area (Å²) in [7, 11) is -0.584. The maximum Gasteiger partial charge on any atom is 0.240 e. The first-order valence-electron chi connectivity index (χ1n) is 13.0. The first kappa shape index (κ1) is 30.7. The minimum absolute atomic E-state index is 0.0145. The molecule has 0 aliphatic rings. The van der Waals surface area contributed by atoms with Gasteiger partial charge >= 0.3 is 0 Å². The largest absolute Gasteiger partial charge is 0.497 e. The first-order valence-corrected chi connectivity index (χ1v) is 14.5. The van der Waals surface area contributed by atoms with E-state index >= 15 is 0 Å². The molecule has 12 heteroatoms. The highest BCUT2D eigenvalue weighted by Gasteiger charge is 2.15. The van der Waals surface area contributed by atoms with Crippen molar-refractivity contribution in [1.29, 1.82) is 5.26 Å². The molecule has 4 aromatic heterocycles. The molecule has 0 saturated heterocycles. The Morgan fingerprint density at radius 1 is 0.767 bits per heavy atom. The van der Waals surface area contributed by atoms with Crippen molar-refractivity contribution in [2.45, 2.75) is 18.0 Å². The lowest BCUT2D eigenvalue weighted by Gasteiger charge is -2.10. The van der Waals surface area contributed by atoms with Crippen LogP contribution in [0.1, 0.15) is 17.0 Å². The van der Waals surface area contributed by atoms with Crippen molar-refractivity contribution in [2.75, 3.05) is 14.2 Å². The average molecular weight is 596 g/mol. The molecule has 11 nitrogen and oxygen atoms in total. The number of aromatic nitrogens is 4. The van der Waals surface area contributed by atoms with Crippen LogP contribution in [0.25, 0.3) is 22.8 Å². The predicted octanol–water partition coefficient (Wildman–Crippen LogP) is 4.11. The summed E-state index contributed by atoms with van der Waals surface area (Å²) in [6, 6.07) is 25.9. The minimum Gasteiger partial charge on any atom is -0.497 e. The average Bonchev–Trinajstić information content (AvgIpc) is 3.08. The van der Waals surface area contributed by atoms with E-state index in [1.165, 1.54) is 31.4 Å². The molecule has 0 spiro atoms. The summed E-state index contributed by atoms with van der Waals surface area (Å²) in [6.07, 6.45) is 3.39. The molecule has 0 saturated carbocycles. The fraction of sp³-hybridized carbons (Fsp3) is 0.129. The second-order valence-corrected chi connectivity index (χ2v) is 10.6. The summed E-state index contributed by atoms with van der Waals surface area (Å²) in [6.45, 7) is 0.371. The molecular formula is C31H29N7O4S. The molecule has 1 aromatic carbocycles. The van der Waals surface area contributed by atoms with E-state index in [2.05, 4.69) is 24.7 Å². The Hall–Kier alpha value is -5.22. The monoisotopic (exact) mass is 595 g/mol. The van der Waals surface area contributed by atoms with Gasteiger partial charge < -0.3 is 15.2 Å². The van der Waals surface area contributed by atoms with E-state index in [1.807, 2.05) is 48.5 Å². The molecule has 0 aliphatic heterocycles. The number of nitrogens with zero attached hydrogens (tertiary/aromatic N) is 5. The third-order valence-electron chi connectivity index (χ3n) is 5.98. The summed E-state index contributed by atoms with van der Waals surface area (Å²) in [4.78, 5) is 17.4. The molecule has 4 heterocycles. The standard InChI is InChI=1S/C19H16N4O3S.C12H13N3O/c1-26-16-10-15(23-19(11-16)18-4-2-3-9-21-18)13-22-27(24,25)17-7-5-14(12-20)6-8-17;1-16-10-6-9(8-13)15-12(7-10)11-4-2-3-5-14-11/h2-11,22H,13H2,1H3;2-7H,8,13H2,1H3. The van der Waals surface area contributed by atoms with Crippen molar-refractivity contribution in [3.63, 3.8) is 0 Å². The van der Waals surface area contributed by atoms with Crippen molar-refractivity contribution in [3.8, 4) is 40.3 Å². The molecule has 0 atom stereocenters. The van der Waals surface area contributed by atoms with Crippen LogP contribution in [0, 0.1) is 11.3 Å². The summed E-state index contributed by atoms with van der Waals surface area (Å²) in [5.41, 5.74) is 10.1. The molecule has 0 amide bonds. The van der Waals surface area contributed by atoms with Crippen molar-refractivity contribution >= 4 is 10.0 Å². The zero-order valence-electron chi connectivity index (χ0n) is 23.5.